The second-order valence-electron chi connectivity index (χ2n) is 3.68. The summed E-state index contributed by atoms with van der Waals surface area (Å²) < 4.78 is 18.4. The summed E-state index contributed by atoms with van der Waals surface area (Å²) in [6, 6.07) is 13.3. The van der Waals surface area contributed by atoms with Crippen molar-refractivity contribution in [2.24, 2.45) is 0 Å². The number of hydrogen-bond donors (Lipinski definition) is 0. The minimum absolute atomic E-state index is 0.0712. The third-order valence-electron chi connectivity index (χ3n) is 2.35. The van der Waals surface area contributed by atoms with E-state index in [0.29, 0.717) is 11.3 Å². The molecule has 18 heavy (non-hydrogen) atoms. The van der Waals surface area contributed by atoms with Gasteiger partial charge in [0.2, 0.25) is 0 Å². The van der Waals surface area contributed by atoms with E-state index in [2.05, 4.69) is 0 Å². The van der Waals surface area contributed by atoms with Crippen LogP contribution in [0, 0.1) is 17.1 Å². The Morgan fingerprint density at radius 1 is 1.22 bits per heavy atom. The maximum Gasteiger partial charge on any atom is 0.141 e. The molecule has 0 amide bonds. The molecule has 0 saturated heterocycles. The molecule has 0 aromatic heterocycles. The molecule has 0 N–H and O–H groups in total. The topological polar surface area (TPSA) is 33.0 Å². The quantitative estimate of drug-likeness (QED) is 0.839. The van der Waals surface area contributed by atoms with Crippen molar-refractivity contribution in [3.8, 4) is 11.8 Å². The van der Waals surface area contributed by atoms with Gasteiger partial charge in [0.05, 0.1) is 16.7 Å². The van der Waals surface area contributed by atoms with Gasteiger partial charge < -0.3 is 4.74 Å². The van der Waals surface area contributed by atoms with Crippen molar-refractivity contribution in [1.82, 2.24) is 0 Å². The Morgan fingerprint density at radius 3 is 2.78 bits per heavy atom. The Morgan fingerprint density at radius 2 is 2.06 bits per heavy atom. The first-order chi connectivity index (χ1) is 8.69. The van der Waals surface area contributed by atoms with E-state index in [1.54, 1.807) is 30.3 Å². The number of nitriles is 1. The maximum absolute atomic E-state index is 13.0. The molecule has 0 aliphatic heterocycles. The summed E-state index contributed by atoms with van der Waals surface area (Å²) in [7, 11) is 0. The predicted molar refractivity (Wildman–Crippen MR) is 66.9 cm³/mol. The molecule has 0 unspecified atom stereocenters. The van der Waals surface area contributed by atoms with E-state index < -0.39 is 5.82 Å². The molecule has 2 rings (SSSR count). The van der Waals surface area contributed by atoms with Crippen molar-refractivity contribution in [2.75, 3.05) is 0 Å². The van der Waals surface area contributed by atoms with Gasteiger partial charge in [-0.1, -0.05) is 23.7 Å². The van der Waals surface area contributed by atoms with Crippen molar-refractivity contribution in [3.63, 3.8) is 0 Å². The molecule has 0 bridgehead atoms. The summed E-state index contributed by atoms with van der Waals surface area (Å²) in [5, 5.41) is 8.82. The van der Waals surface area contributed by atoms with Crippen LogP contribution in [-0.4, -0.2) is 0 Å². The summed E-state index contributed by atoms with van der Waals surface area (Å²) in [4.78, 5) is 0. The van der Waals surface area contributed by atoms with Crippen molar-refractivity contribution in [2.45, 2.75) is 6.61 Å². The number of hydrogen-bond acceptors (Lipinski definition) is 2. The van der Waals surface area contributed by atoms with E-state index in [-0.39, 0.29) is 11.6 Å². The van der Waals surface area contributed by atoms with E-state index in [1.165, 1.54) is 12.1 Å². The Balaban J connectivity index is 2.07. The third kappa shape index (κ3) is 2.99. The average molecular weight is 262 g/mol. The molecule has 0 heterocycles. The fraction of sp³-hybridized carbons (Fsp3) is 0.0714. The molecule has 4 heteroatoms. The third-order valence-corrected chi connectivity index (χ3v) is 2.64. The van der Waals surface area contributed by atoms with Gasteiger partial charge in [0.25, 0.3) is 0 Å². The molecule has 0 fully saturated rings. The van der Waals surface area contributed by atoms with Gasteiger partial charge in [-0.3, -0.25) is 0 Å². The highest BCUT2D eigenvalue weighted by atomic mass is 35.5. The van der Waals surface area contributed by atoms with E-state index in [0.717, 1.165) is 5.56 Å². The zero-order valence-electron chi connectivity index (χ0n) is 9.36. The van der Waals surface area contributed by atoms with E-state index >= 15 is 0 Å². The lowest BCUT2D eigenvalue weighted by molar-refractivity contribution is 0.306. The zero-order valence-corrected chi connectivity index (χ0v) is 10.1. The normalized spacial score (nSPS) is 9.83. The number of rotatable bonds is 3. The summed E-state index contributed by atoms with van der Waals surface area (Å²) in [5.41, 5.74) is 1.30. The van der Waals surface area contributed by atoms with Gasteiger partial charge in [-0.15, -0.1) is 0 Å². The monoisotopic (exact) mass is 261 g/mol. The number of nitrogens with zero attached hydrogens (tertiary/aromatic N) is 1. The molecule has 90 valence electrons. The first-order valence-electron chi connectivity index (χ1n) is 5.26. The van der Waals surface area contributed by atoms with E-state index in [4.69, 9.17) is 21.6 Å². The smallest absolute Gasteiger partial charge is 0.141 e. The van der Waals surface area contributed by atoms with Gasteiger partial charge >= 0.3 is 0 Å². The fourth-order valence-electron chi connectivity index (χ4n) is 1.45. The minimum atomic E-state index is -0.452. The molecule has 2 aromatic rings. The Labute approximate surface area is 109 Å². The molecule has 0 radical (unpaired) electrons. The standard InChI is InChI=1S/C14H9ClFNO/c15-13-7-11(4-5-14(13)16)9-18-12-3-1-2-10(6-12)8-17/h1-7H,9H2. The first kappa shape index (κ1) is 12.4. The maximum atomic E-state index is 13.0. The van der Waals surface area contributed by atoms with Crippen molar-refractivity contribution in [3.05, 3.63) is 64.4 Å². The molecule has 0 saturated carbocycles. The fourth-order valence-corrected chi connectivity index (χ4v) is 1.65. The largest absolute Gasteiger partial charge is 0.489 e. The summed E-state index contributed by atoms with van der Waals surface area (Å²) in [6.07, 6.45) is 0. The summed E-state index contributed by atoms with van der Waals surface area (Å²) in [6.45, 7) is 0.273. The van der Waals surface area contributed by atoms with Crippen molar-refractivity contribution >= 4 is 11.6 Å². The van der Waals surface area contributed by atoms with Gasteiger partial charge in [-0.25, -0.2) is 4.39 Å². The molecule has 0 atom stereocenters. The van der Waals surface area contributed by atoms with E-state index in [9.17, 15) is 4.39 Å². The lowest BCUT2D eigenvalue weighted by Gasteiger charge is -2.07. The van der Waals surface area contributed by atoms with Crippen LogP contribution in [0.3, 0.4) is 0 Å². The van der Waals surface area contributed by atoms with Crippen LogP contribution < -0.4 is 4.74 Å². The lowest BCUT2D eigenvalue weighted by Crippen LogP contribution is -1.96. The van der Waals surface area contributed by atoms with Crippen LogP contribution in [0.25, 0.3) is 0 Å². The molecular weight excluding hydrogens is 253 g/mol. The SMILES string of the molecule is N#Cc1cccc(OCc2ccc(F)c(Cl)c2)c1. The van der Waals surface area contributed by atoms with Crippen LogP contribution in [0.4, 0.5) is 4.39 Å². The van der Waals surface area contributed by atoms with Gasteiger partial charge in [-0.2, -0.15) is 5.26 Å². The molecule has 0 aliphatic carbocycles. The van der Waals surface area contributed by atoms with Crippen molar-refractivity contribution < 1.29 is 9.13 Å². The van der Waals surface area contributed by atoms with Crippen LogP contribution in [0.15, 0.2) is 42.5 Å². The highest BCUT2D eigenvalue weighted by molar-refractivity contribution is 6.30. The van der Waals surface area contributed by atoms with Gasteiger partial charge in [-0.05, 0) is 35.9 Å². The van der Waals surface area contributed by atoms with Crippen LogP contribution in [0.1, 0.15) is 11.1 Å². The van der Waals surface area contributed by atoms with Crippen LogP contribution in [0.2, 0.25) is 5.02 Å². The van der Waals surface area contributed by atoms with Crippen LogP contribution in [0.5, 0.6) is 5.75 Å². The highest BCUT2D eigenvalue weighted by Gasteiger charge is 2.02. The summed E-state index contributed by atoms with van der Waals surface area (Å²) >= 11 is 5.67. The van der Waals surface area contributed by atoms with Crippen molar-refractivity contribution in [1.29, 1.82) is 5.26 Å². The number of halogens is 2. The first-order valence-corrected chi connectivity index (χ1v) is 5.64. The highest BCUT2D eigenvalue weighted by Crippen LogP contribution is 2.18. The Bertz CT molecular complexity index is 607. The van der Waals surface area contributed by atoms with Gasteiger partial charge in [0.1, 0.15) is 18.2 Å². The Hall–Kier alpha value is -2.05. The van der Waals surface area contributed by atoms with Crippen LogP contribution >= 0.6 is 11.6 Å². The number of ether oxygens (including phenoxy) is 1. The van der Waals surface area contributed by atoms with Gasteiger partial charge in [0, 0.05) is 0 Å². The molecule has 0 spiro atoms. The van der Waals surface area contributed by atoms with Gasteiger partial charge in [0.15, 0.2) is 0 Å². The zero-order chi connectivity index (χ0) is 13.0. The van der Waals surface area contributed by atoms with Crippen LogP contribution in [-0.2, 0) is 6.61 Å². The van der Waals surface area contributed by atoms with E-state index in [1.807, 2.05) is 6.07 Å². The lowest BCUT2D eigenvalue weighted by atomic mass is 10.2. The number of benzene rings is 2. The molecular formula is C14H9ClFNO. The molecule has 0 aliphatic rings. The summed E-state index contributed by atoms with van der Waals surface area (Å²) in [5.74, 6) is 0.140. The minimum Gasteiger partial charge on any atom is -0.489 e. The second kappa shape index (κ2) is 5.52. The molecule has 2 nitrogen and oxygen atoms in total. The second-order valence-corrected chi connectivity index (χ2v) is 4.08. The predicted octanol–water partition coefficient (Wildman–Crippen LogP) is 3.93. The molecule has 2 aromatic carbocycles. The Kier molecular flexibility index (Phi) is 3.81. The average Bonchev–Trinajstić information content (AvgIpc) is 2.40.